The van der Waals surface area contributed by atoms with Gasteiger partial charge in [-0.05, 0) is 25.7 Å². The summed E-state index contributed by atoms with van der Waals surface area (Å²) in [5.41, 5.74) is 0. The Bertz CT molecular complexity index is 370. The number of carbonyl (C=O) groups excluding carboxylic acids is 2. The molecular weight excluding hydrogens is 244 g/mol. The standard InChI is InChI=1S/C14H24N2O3/c1-9(2)12-14(18)15-7-5-6-11(15)13(17)16(12)10(3)8-19-4/h9-12H,5-8H2,1-4H3. The Balaban J connectivity index is 2.31. The van der Waals surface area contributed by atoms with Crippen LogP contribution in [0.25, 0.3) is 0 Å². The smallest absolute Gasteiger partial charge is 0.246 e. The summed E-state index contributed by atoms with van der Waals surface area (Å²) in [7, 11) is 1.62. The van der Waals surface area contributed by atoms with Gasteiger partial charge in [0.2, 0.25) is 11.8 Å². The van der Waals surface area contributed by atoms with E-state index in [0.29, 0.717) is 6.61 Å². The second-order valence-corrected chi connectivity index (χ2v) is 5.93. The quantitative estimate of drug-likeness (QED) is 0.760. The first kappa shape index (κ1) is 14.3. The summed E-state index contributed by atoms with van der Waals surface area (Å²) in [6.45, 7) is 7.14. The summed E-state index contributed by atoms with van der Waals surface area (Å²) in [6.07, 6.45) is 1.73. The van der Waals surface area contributed by atoms with Crippen molar-refractivity contribution in [1.29, 1.82) is 0 Å². The van der Waals surface area contributed by atoms with Crippen LogP contribution in [0, 0.1) is 5.92 Å². The largest absolute Gasteiger partial charge is 0.383 e. The number of nitrogens with zero attached hydrogens (tertiary/aromatic N) is 2. The van der Waals surface area contributed by atoms with Gasteiger partial charge in [0.1, 0.15) is 12.1 Å². The van der Waals surface area contributed by atoms with E-state index in [2.05, 4.69) is 0 Å². The molecule has 108 valence electrons. The molecule has 2 aliphatic rings. The van der Waals surface area contributed by atoms with Crippen molar-refractivity contribution in [2.24, 2.45) is 5.92 Å². The lowest BCUT2D eigenvalue weighted by molar-refractivity contribution is -0.165. The zero-order valence-electron chi connectivity index (χ0n) is 12.3. The Morgan fingerprint density at radius 3 is 2.53 bits per heavy atom. The first-order valence-electron chi connectivity index (χ1n) is 7.10. The molecule has 0 N–H and O–H groups in total. The molecule has 2 rings (SSSR count). The fourth-order valence-electron chi connectivity index (χ4n) is 3.30. The molecule has 5 heteroatoms. The number of amides is 2. The highest BCUT2D eigenvalue weighted by Gasteiger charge is 2.49. The zero-order valence-corrected chi connectivity index (χ0v) is 12.3. The fraction of sp³-hybridized carbons (Fsp3) is 0.857. The van der Waals surface area contributed by atoms with E-state index in [0.717, 1.165) is 19.4 Å². The van der Waals surface area contributed by atoms with E-state index in [1.54, 1.807) is 16.9 Å². The van der Waals surface area contributed by atoms with Gasteiger partial charge in [0.05, 0.1) is 12.6 Å². The van der Waals surface area contributed by atoms with Crippen LogP contribution < -0.4 is 0 Å². The van der Waals surface area contributed by atoms with Gasteiger partial charge < -0.3 is 14.5 Å². The number of methoxy groups -OCH3 is 1. The average Bonchev–Trinajstić information content (AvgIpc) is 2.82. The van der Waals surface area contributed by atoms with Crippen LogP contribution in [0.15, 0.2) is 0 Å². The maximum Gasteiger partial charge on any atom is 0.246 e. The van der Waals surface area contributed by atoms with E-state index in [1.165, 1.54) is 0 Å². The number of piperazine rings is 1. The number of hydrogen-bond donors (Lipinski definition) is 0. The number of hydrogen-bond acceptors (Lipinski definition) is 3. The predicted octanol–water partition coefficient (Wildman–Crippen LogP) is 0.879. The number of fused-ring (bicyclic) bond motifs is 1. The minimum absolute atomic E-state index is 0.0587. The SMILES string of the molecule is COCC(C)N1C(=O)C2CCCN2C(=O)C1C(C)C. The predicted molar refractivity (Wildman–Crippen MR) is 71.5 cm³/mol. The minimum atomic E-state index is -0.341. The molecule has 0 radical (unpaired) electrons. The van der Waals surface area contributed by atoms with Gasteiger partial charge in [-0.2, -0.15) is 0 Å². The van der Waals surface area contributed by atoms with Gasteiger partial charge >= 0.3 is 0 Å². The lowest BCUT2D eigenvalue weighted by Crippen LogP contribution is -2.66. The van der Waals surface area contributed by atoms with E-state index in [9.17, 15) is 9.59 Å². The van der Waals surface area contributed by atoms with Crippen molar-refractivity contribution in [3.63, 3.8) is 0 Å². The molecule has 2 aliphatic heterocycles. The fourth-order valence-corrected chi connectivity index (χ4v) is 3.30. The van der Waals surface area contributed by atoms with Gasteiger partial charge in [0.15, 0.2) is 0 Å². The van der Waals surface area contributed by atoms with Gasteiger partial charge in [-0.1, -0.05) is 13.8 Å². The Labute approximate surface area is 114 Å². The third kappa shape index (κ3) is 2.36. The average molecular weight is 268 g/mol. The zero-order chi connectivity index (χ0) is 14.2. The van der Waals surface area contributed by atoms with E-state index in [4.69, 9.17) is 4.74 Å². The van der Waals surface area contributed by atoms with Crippen LogP contribution in [0.4, 0.5) is 0 Å². The first-order valence-corrected chi connectivity index (χ1v) is 7.10. The summed E-state index contributed by atoms with van der Waals surface area (Å²) < 4.78 is 5.16. The third-order valence-corrected chi connectivity index (χ3v) is 4.14. The van der Waals surface area contributed by atoms with Crippen LogP contribution in [-0.4, -0.2) is 60.0 Å². The Hall–Kier alpha value is -1.10. The molecule has 2 fully saturated rings. The Morgan fingerprint density at radius 2 is 1.95 bits per heavy atom. The van der Waals surface area contributed by atoms with E-state index in [-0.39, 0.29) is 35.9 Å². The van der Waals surface area contributed by atoms with Gasteiger partial charge in [0, 0.05) is 13.7 Å². The lowest BCUT2D eigenvalue weighted by Gasteiger charge is -2.46. The molecule has 3 atom stereocenters. The first-order chi connectivity index (χ1) is 8.99. The molecule has 0 spiro atoms. The van der Waals surface area contributed by atoms with Gasteiger partial charge in [-0.25, -0.2) is 0 Å². The molecule has 3 unspecified atom stereocenters. The Morgan fingerprint density at radius 1 is 1.26 bits per heavy atom. The number of rotatable bonds is 4. The second-order valence-electron chi connectivity index (χ2n) is 5.93. The van der Waals surface area contributed by atoms with E-state index >= 15 is 0 Å². The topological polar surface area (TPSA) is 49.9 Å². The molecule has 2 amide bonds. The summed E-state index contributed by atoms with van der Waals surface area (Å²) in [5.74, 6) is 0.331. The highest BCUT2D eigenvalue weighted by molar-refractivity contribution is 5.97. The molecule has 0 aromatic rings. The maximum atomic E-state index is 12.7. The van der Waals surface area contributed by atoms with Crippen LogP contribution in [-0.2, 0) is 14.3 Å². The maximum absolute atomic E-state index is 12.7. The molecule has 0 saturated carbocycles. The van der Waals surface area contributed by atoms with Crippen molar-refractivity contribution in [3.8, 4) is 0 Å². The molecule has 5 nitrogen and oxygen atoms in total. The lowest BCUT2D eigenvalue weighted by atomic mass is 9.94. The Kier molecular flexibility index (Phi) is 4.13. The summed E-state index contributed by atoms with van der Waals surface area (Å²) in [6, 6.07) is -0.634. The molecule has 2 heterocycles. The van der Waals surface area contributed by atoms with Crippen LogP contribution in [0.2, 0.25) is 0 Å². The molecular formula is C14H24N2O3. The third-order valence-electron chi connectivity index (χ3n) is 4.14. The van der Waals surface area contributed by atoms with Crippen molar-refractivity contribution in [1.82, 2.24) is 9.80 Å². The molecule has 2 saturated heterocycles. The van der Waals surface area contributed by atoms with E-state index in [1.807, 2.05) is 20.8 Å². The molecule has 19 heavy (non-hydrogen) atoms. The summed E-state index contributed by atoms with van der Waals surface area (Å²) in [4.78, 5) is 28.8. The molecule has 0 bridgehead atoms. The van der Waals surface area contributed by atoms with Crippen molar-refractivity contribution >= 4 is 11.8 Å². The monoisotopic (exact) mass is 268 g/mol. The summed E-state index contributed by atoms with van der Waals surface area (Å²) in [5, 5.41) is 0. The number of carbonyl (C=O) groups is 2. The van der Waals surface area contributed by atoms with Gasteiger partial charge in [0.25, 0.3) is 0 Å². The highest BCUT2D eigenvalue weighted by atomic mass is 16.5. The van der Waals surface area contributed by atoms with E-state index < -0.39 is 0 Å². The van der Waals surface area contributed by atoms with Gasteiger partial charge in [-0.15, -0.1) is 0 Å². The molecule has 0 aromatic carbocycles. The van der Waals surface area contributed by atoms with Gasteiger partial charge in [-0.3, -0.25) is 9.59 Å². The highest BCUT2D eigenvalue weighted by Crippen LogP contribution is 2.31. The van der Waals surface area contributed by atoms with Crippen molar-refractivity contribution in [3.05, 3.63) is 0 Å². The van der Waals surface area contributed by atoms with Crippen molar-refractivity contribution in [2.75, 3.05) is 20.3 Å². The van der Waals surface area contributed by atoms with Crippen LogP contribution in [0.3, 0.4) is 0 Å². The second kappa shape index (κ2) is 5.49. The molecule has 0 aliphatic carbocycles. The normalized spacial score (nSPS) is 29.1. The van der Waals surface area contributed by atoms with Crippen LogP contribution in [0.5, 0.6) is 0 Å². The van der Waals surface area contributed by atoms with Crippen LogP contribution in [0.1, 0.15) is 33.6 Å². The van der Waals surface area contributed by atoms with Crippen LogP contribution >= 0.6 is 0 Å². The number of ether oxygens (including phenoxy) is 1. The molecule has 0 aromatic heterocycles. The van der Waals surface area contributed by atoms with Crippen molar-refractivity contribution in [2.45, 2.75) is 51.7 Å². The summed E-state index contributed by atoms with van der Waals surface area (Å²) >= 11 is 0. The van der Waals surface area contributed by atoms with Crippen molar-refractivity contribution < 1.29 is 14.3 Å². The minimum Gasteiger partial charge on any atom is -0.383 e.